The SMILES string of the molecule is N#CC(Br)c1cc(Cl)ccc1Cl. The molecule has 0 spiro atoms. The van der Waals surface area contributed by atoms with E-state index in [2.05, 4.69) is 15.9 Å². The van der Waals surface area contributed by atoms with E-state index in [1.54, 1.807) is 18.2 Å². The summed E-state index contributed by atoms with van der Waals surface area (Å²) in [4.78, 5) is -0.399. The molecule has 1 aromatic carbocycles. The molecule has 1 unspecified atom stereocenters. The molecule has 0 aliphatic carbocycles. The van der Waals surface area contributed by atoms with Crippen molar-refractivity contribution in [2.75, 3.05) is 0 Å². The molecule has 0 aromatic heterocycles. The van der Waals surface area contributed by atoms with E-state index < -0.39 is 4.83 Å². The molecule has 1 nitrogen and oxygen atoms in total. The Morgan fingerprint density at radius 3 is 2.67 bits per heavy atom. The molecule has 0 saturated carbocycles. The van der Waals surface area contributed by atoms with Crippen LogP contribution >= 0.6 is 39.1 Å². The Morgan fingerprint density at radius 2 is 2.08 bits per heavy atom. The molecule has 0 heterocycles. The first-order chi connectivity index (χ1) is 5.65. The Bertz CT molecular complexity index is 332. The maximum absolute atomic E-state index is 8.60. The van der Waals surface area contributed by atoms with Gasteiger partial charge < -0.3 is 0 Å². The second-order valence-electron chi connectivity index (χ2n) is 2.16. The molecule has 0 aliphatic heterocycles. The van der Waals surface area contributed by atoms with Crippen LogP contribution in [0.1, 0.15) is 10.4 Å². The van der Waals surface area contributed by atoms with Crippen molar-refractivity contribution in [3.63, 3.8) is 0 Å². The van der Waals surface area contributed by atoms with Gasteiger partial charge in [-0.2, -0.15) is 5.26 Å². The summed E-state index contributed by atoms with van der Waals surface area (Å²) in [6, 6.07) is 7.05. The van der Waals surface area contributed by atoms with Crippen LogP contribution in [0.2, 0.25) is 10.0 Å². The normalized spacial score (nSPS) is 12.2. The summed E-state index contributed by atoms with van der Waals surface area (Å²) in [5.41, 5.74) is 0.701. The summed E-state index contributed by atoms with van der Waals surface area (Å²) in [6.45, 7) is 0. The summed E-state index contributed by atoms with van der Waals surface area (Å²) in [5.74, 6) is 0. The lowest BCUT2D eigenvalue weighted by molar-refractivity contribution is 1.25. The van der Waals surface area contributed by atoms with Gasteiger partial charge in [-0.05, 0) is 23.8 Å². The molecule has 0 N–H and O–H groups in total. The fourth-order valence-corrected chi connectivity index (χ4v) is 1.70. The second-order valence-corrected chi connectivity index (χ2v) is 3.92. The number of alkyl halides is 1. The number of hydrogen-bond donors (Lipinski definition) is 0. The molecule has 0 bridgehead atoms. The smallest absolute Gasteiger partial charge is 0.128 e. The van der Waals surface area contributed by atoms with Crippen molar-refractivity contribution in [1.29, 1.82) is 5.26 Å². The average molecular weight is 265 g/mol. The third kappa shape index (κ3) is 2.13. The highest BCUT2D eigenvalue weighted by atomic mass is 79.9. The van der Waals surface area contributed by atoms with Crippen LogP contribution in [0, 0.1) is 11.3 Å². The van der Waals surface area contributed by atoms with Gasteiger partial charge in [0.05, 0.1) is 6.07 Å². The van der Waals surface area contributed by atoms with Gasteiger partial charge in [-0.1, -0.05) is 39.1 Å². The van der Waals surface area contributed by atoms with Crippen molar-refractivity contribution >= 4 is 39.1 Å². The molecule has 62 valence electrons. The zero-order valence-corrected chi connectivity index (χ0v) is 8.99. The summed E-state index contributed by atoms with van der Waals surface area (Å²) >= 11 is 14.7. The Hall–Kier alpha value is -0.230. The maximum atomic E-state index is 8.60. The van der Waals surface area contributed by atoms with Crippen molar-refractivity contribution in [3.05, 3.63) is 33.8 Å². The van der Waals surface area contributed by atoms with Crippen LogP contribution in [-0.4, -0.2) is 0 Å². The van der Waals surface area contributed by atoms with Crippen LogP contribution < -0.4 is 0 Å². The molecule has 1 rings (SSSR count). The van der Waals surface area contributed by atoms with Gasteiger partial charge in [-0.15, -0.1) is 0 Å². The van der Waals surface area contributed by atoms with Gasteiger partial charge in [-0.3, -0.25) is 0 Å². The van der Waals surface area contributed by atoms with Gasteiger partial charge in [0.15, 0.2) is 0 Å². The first-order valence-corrected chi connectivity index (χ1v) is 4.81. The van der Waals surface area contributed by atoms with E-state index in [4.69, 9.17) is 28.5 Å². The number of rotatable bonds is 1. The molecule has 0 radical (unpaired) electrons. The lowest BCUT2D eigenvalue weighted by Gasteiger charge is -2.03. The standard InChI is InChI=1S/C8H4BrCl2N/c9-7(4-12)6-3-5(10)1-2-8(6)11/h1-3,7H. The Balaban J connectivity index is 3.15. The quantitative estimate of drug-likeness (QED) is 0.705. The maximum Gasteiger partial charge on any atom is 0.128 e. The summed E-state index contributed by atoms with van der Waals surface area (Å²) in [7, 11) is 0. The number of benzene rings is 1. The monoisotopic (exact) mass is 263 g/mol. The van der Waals surface area contributed by atoms with Crippen molar-refractivity contribution < 1.29 is 0 Å². The number of hydrogen-bond acceptors (Lipinski definition) is 1. The van der Waals surface area contributed by atoms with E-state index in [-0.39, 0.29) is 0 Å². The first-order valence-electron chi connectivity index (χ1n) is 3.14. The van der Waals surface area contributed by atoms with Crippen molar-refractivity contribution in [1.82, 2.24) is 0 Å². The van der Waals surface area contributed by atoms with Gasteiger partial charge in [0.25, 0.3) is 0 Å². The van der Waals surface area contributed by atoms with Crippen LogP contribution in [0.4, 0.5) is 0 Å². The van der Waals surface area contributed by atoms with Crippen LogP contribution in [0.3, 0.4) is 0 Å². The summed E-state index contributed by atoms with van der Waals surface area (Å²) in [6.07, 6.45) is 0. The Kier molecular flexibility index (Phi) is 3.39. The molecule has 12 heavy (non-hydrogen) atoms. The van der Waals surface area contributed by atoms with Gasteiger partial charge in [0, 0.05) is 10.0 Å². The Labute approximate surface area is 89.0 Å². The van der Waals surface area contributed by atoms with Gasteiger partial charge in [0.1, 0.15) is 4.83 Å². The van der Waals surface area contributed by atoms with Crippen LogP contribution in [-0.2, 0) is 0 Å². The van der Waals surface area contributed by atoms with Crippen molar-refractivity contribution in [2.24, 2.45) is 0 Å². The zero-order chi connectivity index (χ0) is 9.14. The van der Waals surface area contributed by atoms with Crippen LogP contribution in [0.25, 0.3) is 0 Å². The van der Waals surface area contributed by atoms with Gasteiger partial charge in [0.2, 0.25) is 0 Å². The van der Waals surface area contributed by atoms with E-state index in [1.165, 1.54) is 0 Å². The Morgan fingerprint density at radius 1 is 1.42 bits per heavy atom. The minimum absolute atomic E-state index is 0.399. The number of halogens is 3. The zero-order valence-electron chi connectivity index (χ0n) is 5.89. The number of nitrogens with zero attached hydrogens (tertiary/aromatic N) is 1. The molecule has 4 heteroatoms. The summed E-state index contributed by atoms with van der Waals surface area (Å²) in [5, 5.41) is 9.73. The predicted octanol–water partition coefficient (Wildman–Crippen LogP) is 3.95. The van der Waals surface area contributed by atoms with E-state index in [0.29, 0.717) is 15.6 Å². The minimum atomic E-state index is -0.399. The number of nitriles is 1. The third-order valence-electron chi connectivity index (χ3n) is 1.34. The van der Waals surface area contributed by atoms with E-state index in [0.717, 1.165) is 0 Å². The second kappa shape index (κ2) is 4.13. The van der Waals surface area contributed by atoms with Crippen molar-refractivity contribution in [3.8, 4) is 6.07 Å². The topological polar surface area (TPSA) is 23.8 Å². The summed E-state index contributed by atoms with van der Waals surface area (Å²) < 4.78 is 0. The minimum Gasteiger partial charge on any atom is -0.197 e. The average Bonchev–Trinajstić information content (AvgIpc) is 2.08. The highest BCUT2D eigenvalue weighted by Crippen LogP contribution is 2.30. The largest absolute Gasteiger partial charge is 0.197 e. The predicted molar refractivity (Wildman–Crippen MR) is 53.7 cm³/mol. The lowest BCUT2D eigenvalue weighted by Crippen LogP contribution is -1.86. The highest BCUT2D eigenvalue weighted by Gasteiger charge is 2.10. The molecule has 0 fully saturated rings. The molecule has 0 amide bonds. The first kappa shape index (κ1) is 9.85. The molecule has 0 aliphatic rings. The van der Waals surface area contributed by atoms with E-state index >= 15 is 0 Å². The lowest BCUT2D eigenvalue weighted by atomic mass is 10.2. The molecular formula is C8H4BrCl2N. The van der Waals surface area contributed by atoms with Crippen molar-refractivity contribution in [2.45, 2.75) is 4.83 Å². The molecule has 1 atom stereocenters. The van der Waals surface area contributed by atoms with Crippen LogP contribution in [0.15, 0.2) is 18.2 Å². The highest BCUT2D eigenvalue weighted by molar-refractivity contribution is 9.09. The van der Waals surface area contributed by atoms with E-state index in [9.17, 15) is 0 Å². The molecule has 0 saturated heterocycles. The van der Waals surface area contributed by atoms with Crippen LogP contribution in [0.5, 0.6) is 0 Å². The fraction of sp³-hybridized carbons (Fsp3) is 0.125. The molecule has 1 aromatic rings. The molecular weight excluding hydrogens is 261 g/mol. The van der Waals surface area contributed by atoms with E-state index in [1.807, 2.05) is 6.07 Å². The van der Waals surface area contributed by atoms with Gasteiger partial charge in [-0.25, -0.2) is 0 Å². The fourth-order valence-electron chi connectivity index (χ4n) is 0.778. The third-order valence-corrected chi connectivity index (χ3v) is 2.62. The van der Waals surface area contributed by atoms with Gasteiger partial charge >= 0.3 is 0 Å².